The van der Waals surface area contributed by atoms with Crippen LogP contribution in [-0.2, 0) is 4.79 Å². The molecule has 18 heavy (non-hydrogen) atoms. The first-order valence-electron chi connectivity index (χ1n) is 5.98. The van der Waals surface area contributed by atoms with Crippen molar-refractivity contribution in [2.75, 3.05) is 38.2 Å². The number of hydrogen-bond acceptors (Lipinski definition) is 4. The van der Waals surface area contributed by atoms with Gasteiger partial charge in [-0.05, 0) is 44.4 Å². The van der Waals surface area contributed by atoms with Gasteiger partial charge in [-0.25, -0.2) is 0 Å². The topological polar surface area (TPSA) is 58.4 Å². The predicted molar refractivity (Wildman–Crippen MR) is 84.2 cm³/mol. The maximum absolute atomic E-state index is 11.6. The van der Waals surface area contributed by atoms with Crippen LogP contribution in [0.2, 0.25) is 0 Å². The van der Waals surface area contributed by atoms with Crippen LogP contribution in [0, 0.1) is 0 Å². The number of likely N-dealkylation sites (tertiary alicyclic amines) is 1. The summed E-state index contributed by atoms with van der Waals surface area (Å²) < 4.78 is 0. The van der Waals surface area contributed by atoms with Crippen molar-refractivity contribution in [2.24, 2.45) is 5.73 Å². The van der Waals surface area contributed by atoms with E-state index in [1.165, 1.54) is 25.9 Å². The number of halogens is 2. The van der Waals surface area contributed by atoms with Crippen LogP contribution in [0.5, 0.6) is 0 Å². The van der Waals surface area contributed by atoms with Gasteiger partial charge in [-0.3, -0.25) is 4.79 Å². The molecule has 0 aliphatic carbocycles. The summed E-state index contributed by atoms with van der Waals surface area (Å²) in [5.74, 6) is 0.939. The van der Waals surface area contributed by atoms with E-state index in [0.717, 1.165) is 25.3 Å². The van der Waals surface area contributed by atoms with E-state index in [1.807, 2.05) is 6.26 Å². The van der Waals surface area contributed by atoms with Crippen molar-refractivity contribution >= 4 is 42.5 Å². The van der Waals surface area contributed by atoms with Crippen molar-refractivity contribution in [3.8, 4) is 0 Å². The van der Waals surface area contributed by atoms with E-state index in [0.29, 0.717) is 0 Å². The molecule has 1 rings (SSSR count). The van der Waals surface area contributed by atoms with Crippen LogP contribution in [0.25, 0.3) is 0 Å². The van der Waals surface area contributed by atoms with E-state index in [2.05, 4.69) is 10.2 Å². The molecule has 1 amide bonds. The Morgan fingerprint density at radius 3 is 2.56 bits per heavy atom. The van der Waals surface area contributed by atoms with Crippen LogP contribution in [-0.4, -0.2) is 55.0 Å². The minimum Gasteiger partial charge on any atom is -0.353 e. The summed E-state index contributed by atoms with van der Waals surface area (Å²) >= 11 is 1.72. The quantitative estimate of drug-likeness (QED) is 0.739. The Labute approximate surface area is 127 Å². The maximum Gasteiger partial charge on any atom is 0.236 e. The molecule has 0 aromatic heterocycles. The molecule has 0 saturated carbocycles. The first-order valence-corrected chi connectivity index (χ1v) is 7.38. The van der Waals surface area contributed by atoms with Gasteiger partial charge in [-0.2, -0.15) is 11.8 Å². The molecular weight excluding hydrogens is 293 g/mol. The lowest BCUT2D eigenvalue weighted by molar-refractivity contribution is -0.122. The molecule has 1 saturated heterocycles. The lowest BCUT2D eigenvalue weighted by Crippen LogP contribution is -2.43. The fourth-order valence-corrected chi connectivity index (χ4v) is 2.34. The fourth-order valence-electron chi connectivity index (χ4n) is 1.85. The molecule has 0 spiro atoms. The van der Waals surface area contributed by atoms with Crippen molar-refractivity contribution < 1.29 is 4.79 Å². The van der Waals surface area contributed by atoms with Gasteiger partial charge < -0.3 is 16.0 Å². The molecule has 3 N–H and O–H groups in total. The molecule has 0 bridgehead atoms. The van der Waals surface area contributed by atoms with Crippen molar-refractivity contribution in [1.29, 1.82) is 0 Å². The van der Waals surface area contributed by atoms with E-state index in [1.54, 1.807) is 11.8 Å². The standard InChI is InChI=1S/C11H23N3OS.2ClH/c1-16-9-4-10(12)11(15)13-5-8-14-6-2-3-7-14;;/h10H,2-9,12H2,1H3,(H,13,15);2*1H/t10-;;/m0../s1. The zero-order valence-corrected chi connectivity index (χ0v) is 13.3. The van der Waals surface area contributed by atoms with E-state index in [4.69, 9.17) is 5.73 Å². The van der Waals surface area contributed by atoms with E-state index in [9.17, 15) is 4.79 Å². The molecular formula is C11H25Cl2N3OS. The Bertz CT molecular complexity index is 216. The highest BCUT2D eigenvalue weighted by Crippen LogP contribution is 2.05. The number of rotatable bonds is 7. The molecule has 1 aliphatic rings. The van der Waals surface area contributed by atoms with Gasteiger partial charge in [0, 0.05) is 13.1 Å². The van der Waals surface area contributed by atoms with E-state index < -0.39 is 0 Å². The molecule has 1 heterocycles. The second-order valence-electron chi connectivity index (χ2n) is 4.23. The van der Waals surface area contributed by atoms with Crippen molar-refractivity contribution in [2.45, 2.75) is 25.3 Å². The van der Waals surface area contributed by atoms with E-state index >= 15 is 0 Å². The highest BCUT2D eigenvalue weighted by molar-refractivity contribution is 7.98. The van der Waals surface area contributed by atoms with E-state index in [-0.39, 0.29) is 36.8 Å². The van der Waals surface area contributed by atoms with Crippen molar-refractivity contribution in [1.82, 2.24) is 10.2 Å². The molecule has 0 unspecified atom stereocenters. The number of carbonyl (C=O) groups is 1. The summed E-state index contributed by atoms with van der Waals surface area (Å²) in [5.41, 5.74) is 5.76. The number of nitrogens with one attached hydrogen (secondary N) is 1. The molecule has 4 nitrogen and oxygen atoms in total. The van der Waals surface area contributed by atoms with Gasteiger partial charge in [0.1, 0.15) is 0 Å². The minimum atomic E-state index is -0.342. The van der Waals surface area contributed by atoms with Crippen molar-refractivity contribution in [3.63, 3.8) is 0 Å². The van der Waals surface area contributed by atoms with Gasteiger partial charge in [0.2, 0.25) is 5.91 Å². The van der Waals surface area contributed by atoms with Crippen LogP contribution < -0.4 is 11.1 Å². The molecule has 1 fully saturated rings. The molecule has 1 aliphatic heterocycles. The zero-order valence-electron chi connectivity index (χ0n) is 10.9. The zero-order chi connectivity index (χ0) is 11.8. The number of nitrogens with zero attached hydrogens (tertiary/aromatic N) is 1. The number of amides is 1. The molecule has 0 aromatic carbocycles. The van der Waals surface area contributed by atoms with Crippen LogP contribution in [0.3, 0.4) is 0 Å². The molecule has 110 valence electrons. The second-order valence-corrected chi connectivity index (χ2v) is 5.21. The summed E-state index contributed by atoms with van der Waals surface area (Å²) in [7, 11) is 0. The summed E-state index contributed by atoms with van der Waals surface area (Å²) in [6, 6.07) is -0.342. The number of hydrogen-bond donors (Lipinski definition) is 2. The summed E-state index contributed by atoms with van der Waals surface area (Å²) in [4.78, 5) is 13.9. The van der Waals surface area contributed by atoms with Gasteiger partial charge in [-0.15, -0.1) is 24.8 Å². The SMILES string of the molecule is CSCC[C@H](N)C(=O)NCCN1CCCC1.Cl.Cl. The monoisotopic (exact) mass is 317 g/mol. The first-order chi connectivity index (χ1) is 7.74. The highest BCUT2D eigenvalue weighted by atomic mass is 35.5. The number of thioether (sulfide) groups is 1. The van der Waals surface area contributed by atoms with Crippen LogP contribution >= 0.6 is 36.6 Å². The third-order valence-corrected chi connectivity index (χ3v) is 3.54. The summed E-state index contributed by atoms with van der Waals surface area (Å²) in [6.07, 6.45) is 5.37. The average Bonchev–Trinajstić information content (AvgIpc) is 2.78. The fraction of sp³-hybridized carbons (Fsp3) is 0.909. The summed E-state index contributed by atoms with van der Waals surface area (Å²) in [6.45, 7) is 4.04. The third-order valence-electron chi connectivity index (χ3n) is 2.90. The van der Waals surface area contributed by atoms with Crippen LogP contribution in [0.4, 0.5) is 0 Å². The average molecular weight is 318 g/mol. The van der Waals surface area contributed by atoms with Crippen LogP contribution in [0.15, 0.2) is 0 Å². The Morgan fingerprint density at radius 1 is 1.39 bits per heavy atom. The molecule has 0 radical (unpaired) electrons. The Morgan fingerprint density at radius 2 is 2.00 bits per heavy atom. The second kappa shape index (κ2) is 12.4. The van der Waals surface area contributed by atoms with Crippen LogP contribution in [0.1, 0.15) is 19.3 Å². The van der Waals surface area contributed by atoms with Gasteiger partial charge in [0.15, 0.2) is 0 Å². The predicted octanol–water partition coefficient (Wildman–Crippen LogP) is 1.12. The third kappa shape index (κ3) is 8.43. The lowest BCUT2D eigenvalue weighted by atomic mass is 10.2. The Hall–Kier alpha value is 0.320. The summed E-state index contributed by atoms with van der Waals surface area (Å²) in [5, 5.41) is 2.90. The smallest absolute Gasteiger partial charge is 0.236 e. The largest absolute Gasteiger partial charge is 0.353 e. The Balaban J connectivity index is 0. The highest BCUT2D eigenvalue weighted by Gasteiger charge is 2.14. The molecule has 7 heteroatoms. The first kappa shape index (κ1) is 20.6. The number of nitrogens with two attached hydrogens (primary N) is 1. The lowest BCUT2D eigenvalue weighted by Gasteiger charge is -2.16. The molecule has 0 aromatic rings. The molecule has 1 atom stereocenters. The minimum absolute atomic E-state index is 0. The van der Waals surface area contributed by atoms with Gasteiger partial charge >= 0.3 is 0 Å². The number of carbonyl (C=O) groups excluding carboxylic acids is 1. The van der Waals surface area contributed by atoms with Crippen molar-refractivity contribution in [3.05, 3.63) is 0 Å². The maximum atomic E-state index is 11.6. The normalized spacial score (nSPS) is 16.6. The van der Waals surface area contributed by atoms with Gasteiger partial charge in [-0.1, -0.05) is 0 Å². The Kier molecular flexibility index (Phi) is 14.2. The van der Waals surface area contributed by atoms with Gasteiger partial charge in [0.25, 0.3) is 0 Å². The van der Waals surface area contributed by atoms with Gasteiger partial charge in [0.05, 0.1) is 6.04 Å².